The molecule has 0 atom stereocenters. The van der Waals surface area contributed by atoms with Gasteiger partial charge >= 0.3 is 0 Å². The molecule has 0 spiro atoms. The third-order valence-electron chi connectivity index (χ3n) is 8.05. The van der Waals surface area contributed by atoms with E-state index >= 15 is 0 Å². The number of aromatic hydroxyl groups is 1. The fourth-order valence-corrected chi connectivity index (χ4v) is 5.58. The first-order valence-corrected chi connectivity index (χ1v) is 14.7. The summed E-state index contributed by atoms with van der Waals surface area (Å²) in [5, 5.41) is 10.2. The van der Waals surface area contributed by atoms with Gasteiger partial charge in [0.05, 0.1) is 5.52 Å². The quantitative estimate of drug-likeness (QED) is 0.212. The number of ketones is 1. The zero-order chi connectivity index (χ0) is 30.1. The number of halogens is 1. The number of piperazine rings is 1. The van der Waals surface area contributed by atoms with Crippen LogP contribution in [0.5, 0.6) is 17.4 Å². The molecule has 43 heavy (non-hydrogen) atoms. The number of likely N-dealkylation sites (N-methyl/N-ethyl adjacent to an activating group) is 1. The van der Waals surface area contributed by atoms with E-state index in [-0.39, 0.29) is 18.0 Å². The number of benzene rings is 3. The molecule has 8 nitrogen and oxygen atoms in total. The van der Waals surface area contributed by atoms with Gasteiger partial charge in [-0.15, -0.1) is 0 Å². The van der Waals surface area contributed by atoms with Crippen molar-refractivity contribution < 1.29 is 14.6 Å². The predicted octanol–water partition coefficient (Wildman–Crippen LogP) is 6.27. The predicted molar refractivity (Wildman–Crippen MR) is 169 cm³/mol. The lowest BCUT2D eigenvalue weighted by atomic mass is 9.98. The zero-order valence-corrected chi connectivity index (χ0v) is 25.3. The molecule has 220 valence electrons. The van der Waals surface area contributed by atoms with Crippen molar-refractivity contribution >= 4 is 28.4 Å². The number of rotatable bonds is 8. The number of carbonyl (C=O) groups is 1. The summed E-state index contributed by atoms with van der Waals surface area (Å²) in [6.45, 7) is 7.22. The van der Waals surface area contributed by atoms with Gasteiger partial charge in [0.25, 0.3) is 0 Å². The van der Waals surface area contributed by atoms with Crippen molar-refractivity contribution in [2.24, 2.45) is 7.05 Å². The third-order valence-corrected chi connectivity index (χ3v) is 8.42. The second kappa shape index (κ2) is 12.2. The summed E-state index contributed by atoms with van der Waals surface area (Å²) in [7, 11) is 4.06. The van der Waals surface area contributed by atoms with Crippen LogP contribution in [0.25, 0.3) is 22.4 Å². The molecular weight excluding hydrogens is 562 g/mol. The van der Waals surface area contributed by atoms with Gasteiger partial charge in [0.2, 0.25) is 5.88 Å². The van der Waals surface area contributed by atoms with Crippen LogP contribution in [0.4, 0.5) is 0 Å². The van der Waals surface area contributed by atoms with Gasteiger partial charge in [-0.25, -0.2) is 4.98 Å². The van der Waals surface area contributed by atoms with E-state index in [0.29, 0.717) is 33.6 Å². The summed E-state index contributed by atoms with van der Waals surface area (Å²) in [4.78, 5) is 27.6. The number of hydrogen-bond acceptors (Lipinski definition) is 7. The van der Waals surface area contributed by atoms with Crippen LogP contribution < -0.4 is 4.74 Å². The molecule has 2 aromatic heterocycles. The minimum Gasteiger partial charge on any atom is -0.508 e. The molecule has 5 aromatic rings. The molecule has 0 radical (unpaired) electrons. The number of fused-ring (bicyclic) bond motifs is 1. The van der Waals surface area contributed by atoms with Crippen molar-refractivity contribution in [2.75, 3.05) is 33.2 Å². The Kier molecular flexibility index (Phi) is 8.17. The van der Waals surface area contributed by atoms with Gasteiger partial charge < -0.3 is 19.3 Å². The second-order valence-electron chi connectivity index (χ2n) is 11.2. The molecule has 1 N–H and O–H groups in total. The highest BCUT2D eigenvalue weighted by Crippen LogP contribution is 2.33. The van der Waals surface area contributed by atoms with Crippen LogP contribution in [0.15, 0.2) is 72.9 Å². The Balaban J connectivity index is 1.22. The molecule has 3 aromatic carbocycles. The van der Waals surface area contributed by atoms with Crippen LogP contribution in [0.2, 0.25) is 5.02 Å². The summed E-state index contributed by atoms with van der Waals surface area (Å²) >= 11 is 6.56. The fourth-order valence-electron chi connectivity index (χ4n) is 5.40. The van der Waals surface area contributed by atoms with E-state index < -0.39 is 0 Å². The number of hydrogen-bond donors (Lipinski definition) is 1. The van der Waals surface area contributed by atoms with Crippen molar-refractivity contribution in [1.29, 1.82) is 0 Å². The van der Waals surface area contributed by atoms with Crippen molar-refractivity contribution in [3.63, 3.8) is 0 Å². The van der Waals surface area contributed by atoms with Gasteiger partial charge in [-0.1, -0.05) is 23.7 Å². The number of phenols is 1. The highest BCUT2D eigenvalue weighted by molar-refractivity contribution is 6.31. The Labute approximate surface area is 256 Å². The molecule has 3 heterocycles. The van der Waals surface area contributed by atoms with E-state index in [9.17, 15) is 9.90 Å². The lowest BCUT2D eigenvalue weighted by Crippen LogP contribution is -2.43. The SMILES string of the molecule is Cc1cc(C(=O)Cc2cc(Oc3nc(-c4ccc(O)cc4)nc4ccn(C)c34)ccc2Cl)ccc1CN1CCN(C)CC1. The molecule has 0 amide bonds. The molecule has 1 aliphatic heterocycles. The molecule has 0 unspecified atom stereocenters. The first-order chi connectivity index (χ1) is 20.7. The molecule has 9 heteroatoms. The van der Waals surface area contributed by atoms with Gasteiger partial charge in [0.1, 0.15) is 17.0 Å². The number of nitrogens with zero attached hydrogens (tertiary/aromatic N) is 5. The third kappa shape index (κ3) is 6.41. The van der Waals surface area contributed by atoms with Crippen LogP contribution in [0.1, 0.15) is 27.0 Å². The molecule has 0 bridgehead atoms. The summed E-state index contributed by atoms with van der Waals surface area (Å²) in [5.41, 5.74) is 5.93. The van der Waals surface area contributed by atoms with Crippen molar-refractivity contribution in [2.45, 2.75) is 19.9 Å². The molecule has 1 fully saturated rings. The number of Topliss-reactive ketones (excluding diaryl/α,β-unsaturated/α-hetero) is 1. The smallest absolute Gasteiger partial charge is 0.247 e. The number of aryl methyl sites for hydroxylation is 2. The molecule has 1 saturated heterocycles. The number of aromatic nitrogens is 3. The maximum atomic E-state index is 13.4. The lowest BCUT2D eigenvalue weighted by Gasteiger charge is -2.32. The Hall–Kier alpha value is -4.24. The van der Waals surface area contributed by atoms with Crippen LogP contribution >= 0.6 is 11.6 Å². The molecule has 0 aliphatic carbocycles. The van der Waals surface area contributed by atoms with Crippen molar-refractivity contribution in [3.8, 4) is 28.8 Å². The highest BCUT2D eigenvalue weighted by atomic mass is 35.5. The topological polar surface area (TPSA) is 83.7 Å². The van der Waals surface area contributed by atoms with Gasteiger partial charge in [0, 0.05) is 68.5 Å². The number of ether oxygens (including phenoxy) is 1. The zero-order valence-electron chi connectivity index (χ0n) is 24.5. The average Bonchev–Trinajstić information content (AvgIpc) is 3.38. The molecule has 0 saturated carbocycles. The first kappa shape index (κ1) is 28.9. The standard InChI is InChI=1S/C34H34ClN5O3/c1-22-18-24(4-5-25(22)21-40-16-14-38(2)15-17-40)31(42)20-26-19-28(10-11-29(26)35)43-34-32-30(12-13-39(32)3)36-33(37-34)23-6-8-27(41)9-7-23/h4-13,18-19,41H,14-17,20-21H2,1-3H3. The molecule has 1 aliphatic rings. The van der Waals surface area contributed by atoms with E-state index in [0.717, 1.165) is 54.9 Å². The summed E-state index contributed by atoms with van der Waals surface area (Å²) in [5.74, 6) is 1.54. The maximum Gasteiger partial charge on any atom is 0.247 e. The van der Waals surface area contributed by atoms with Crippen molar-refractivity contribution in [3.05, 3.63) is 100 Å². The Morgan fingerprint density at radius 1 is 0.930 bits per heavy atom. The van der Waals surface area contributed by atoms with E-state index in [1.807, 2.05) is 36.0 Å². The lowest BCUT2D eigenvalue weighted by molar-refractivity contribution is 0.0993. The number of phenolic OH excluding ortho intramolecular Hbond substituents is 1. The minimum atomic E-state index is -0.00484. The van der Waals surface area contributed by atoms with Gasteiger partial charge in [0.15, 0.2) is 11.6 Å². The minimum absolute atomic E-state index is 0.00484. The van der Waals surface area contributed by atoms with E-state index in [1.54, 1.807) is 42.5 Å². The summed E-state index contributed by atoms with van der Waals surface area (Å²) < 4.78 is 8.22. The Morgan fingerprint density at radius 3 is 2.44 bits per heavy atom. The van der Waals surface area contributed by atoms with Gasteiger partial charge in [-0.05, 0) is 85.3 Å². The maximum absolute atomic E-state index is 13.4. The normalized spacial score (nSPS) is 14.3. The Morgan fingerprint density at radius 2 is 1.70 bits per heavy atom. The largest absolute Gasteiger partial charge is 0.508 e. The van der Waals surface area contributed by atoms with Crippen molar-refractivity contribution in [1.82, 2.24) is 24.3 Å². The van der Waals surface area contributed by atoms with E-state index in [4.69, 9.17) is 21.3 Å². The average molecular weight is 596 g/mol. The second-order valence-corrected chi connectivity index (χ2v) is 11.6. The van der Waals surface area contributed by atoms with Crippen LogP contribution in [-0.2, 0) is 20.0 Å². The van der Waals surface area contributed by atoms with Gasteiger partial charge in [-0.2, -0.15) is 4.98 Å². The highest BCUT2D eigenvalue weighted by Gasteiger charge is 2.18. The first-order valence-electron chi connectivity index (χ1n) is 14.4. The van der Waals surface area contributed by atoms with E-state index in [2.05, 4.69) is 34.8 Å². The number of carbonyl (C=O) groups excluding carboxylic acids is 1. The fraction of sp³-hybridized carbons (Fsp3) is 0.265. The van der Waals surface area contributed by atoms with Gasteiger partial charge in [-0.3, -0.25) is 9.69 Å². The molecule has 6 rings (SSSR count). The molecular formula is C34H34ClN5O3. The monoisotopic (exact) mass is 595 g/mol. The van der Waals surface area contributed by atoms with Crippen LogP contribution in [0, 0.1) is 6.92 Å². The van der Waals surface area contributed by atoms with Crippen LogP contribution in [-0.4, -0.2) is 68.5 Å². The Bertz CT molecular complexity index is 1790. The van der Waals surface area contributed by atoms with E-state index in [1.165, 1.54) is 5.56 Å². The summed E-state index contributed by atoms with van der Waals surface area (Å²) in [6.07, 6.45) is 2.05. The van der Waals surface area contributed by atoms with Crippen LogP contribution in [0.3, 0.4) is 0 Å². The summed E-state index contributed by atoms with van der Waals surface area (Å²) in [6, 6.07) is 19.9.